The Balaban J connectivity index is 1.97. The molecule has 24 heavy (non-hydrogen) atoms. The number of nitrogens with zero attached hydrogens (tertiary/aromatic N) is 2. The van der Waals surface area contributed by atoms with Crippen molar-refractivity contribution < 1.29 is 14.3 Å². The standard InChI is InChI=1S/C18H27N3O3/c1-14-8-11-20(12-9-14)16-4-6-17(7-5-16)21(15(2)22)13-10-19-18(23)24-3/h4-7,14H,8-13H2,1-3H3,(H,19,23). The highest BCUT2D eigenvalue weighted by atomic mass is 16.5. The lowest BCUT2D eigenvalue weighted by Gasteiger charge is -2.32. The van der Waals surface area contributed by atoms with Gasteiger partial charge in [-0.25, -0.2) is 4.79 Å². The van der Waals surface area contributed by atoms with E-state index < -0.39 is 6.09 Å². The summed E-state index contributed by atoms with van der Waals surface area (Å²) in [5, 5.41) is 2.59. The topological polar surface area (TPSA) is 61.9 Å². The number of rotatable bonds is 5. The van der Waals surface area contributed by atoms with Crippen molar-refractivity contribution in [1.29, 1.82) is 0 Å². The Labute approximate surface area is 143 Å². The molecule has 0 unspecified atom stereocenters. The molecule has 1 aromatic carbocycles. The molecule has 0 saturated carbocycles. The summed E-state index contributed by atoms with van der Waals surface area (Å²) in [4.78, 5) is 27.0. The van der Waals surface area contributed by atoms with Gasteiger partial charge in [-0.05, 0) is 43.0 Å². The van der Waals surface area contributed by atoms with Crippen LogP contribution in [0.4, 0.5) is 16.2 Å². The van der Waals surface area contributed by atoms with Crippen LogP contribution < -0.4 is 15.1 Å². The lowest BCUT2D eigenvalue weighted by molar-refractivity contribution is -0.116. The van der Waals surface area contributed by atoms with Crippen LogP contribution in [0, 0.1) is 5.92 Å². The van der Waals surface area contributed by atoms with E-state index in [-0.39, 0.29) is 5.91 Å². The summed E-state index contributed by atoms with van der Waals surface area (Å²) >= 11 is 0. The summed E-state index contributed by atoms with van der Waals surface area (Å²) in [6.07, 6.45) is 1.95. The van der Waals surface area contributed by atoms with E-state index in [1.165, 1.54) is 32.6 Å². The summed E-state index contributed by atoms with van der Waals surface area (Å²) in [5.74, 6) is 0.747. The molecule has 0 spiro atoms. The Bertz CT molecular complexity index is 551. The molecule has 6 nitrogen and oxygen atoms in total. The van der Waals surface area contributed by atoms with Crippen molar-refractivity contribution in [2.24, 2.45) is 5.92 Å². The van der Waals surface area contributed by atoms with Crippen LogP contribution in [0.2, 0.25) is 0 Å². The van der Waals surface area contributed by atoms with E-state index in [1.807, 2.05) is 12.1 Å². The SMILES string of the molecule is COC(=O)NCCN(C(C)=O)c1ccc(N2CCC(C)CC2)cc1. The Morgan fingerprint density at radius 2 is 1.88 bits per heavy atom. The number of amides is 2. The minimum atomic E-state index is -0.492. The van der Waals surface area contributed by atoms with Gasteiger partial charge < -0.3 is 19.9 Å². The van der Waals surface area contributed by atoms with Gasteiger partial charge in [-0.2, -0.15) is 0 Å². The number of anilines is 2. The first-order valence-electron chi connectivity index (χ1n) is 8.46. The summed E-state index contributed by atoms with van der Waals surface area (Å²) in [7, 11) is 1.32. The highest BCUT2D eigenvalue weighted by molar-refractivity contribution is 5.91. The molecular formula is C18H27N3O3. The third-order valence-corrected chi connectivity index (χ3v) is 4.48. The van der Waals surface area contributed by atoms with Crippen molar-refractivity contribution >= 4 is 23.4 Å². The Morgan fingerprint density at radius 3 is 2.42 bits per heavy atom. The number of methoxy groups -OCH3 is 1. The molecule has 1 heterocycles. The van der Waals surface area contributed by atoms with E-state index in [0.717, 1.165) is 24.7 Å². The highest BCUT2D eigenvalue weighted by Gasteiger charge is 2.17. The van der Waals surface area contributed by atoms with E-state index in [4.69, 9.17) is 0 Å². The van der Waals surface area contributed by atoms with Crippen molar-refractivity contribution in [2.75, 3.05) is 43.1 Å². The lowest BCUT2D eigenvalue weighted by Crippen LogP contribution is -2.37. The van der Waals surface area contributed by atoms with Gasteiger partial charge in [0.15, 0.2) is 0 Å². The van der Waals surface area contributed by atoms with Crippen LogP contribution in [0.5, 0.6) is 0 Å². The van der Waals surface area contributed by atoms with E-state index >= 15 is 0 Å². The molecule has 0 aliphatic carbocycles. The zero-order chi connectivity index (χ0) is 17.5. The number of alkyl carbamates (subject to hydrolysis) is 1. The molecule has 1 aromatic rings. The molecular weight excluding hydrogens is 306 g/mol. The number of piperidine rings is 1. The number of benzene rings is 1. The molecule has 0 bridgehead atoms. The highest BCUT2D eigenvalue weighted by Crippen LogP contribution is 2.25. The van der Waals surface area contributed by atoms with Crippen molar-refractivity contribution in [3.05, 3.63) is 24.3 Å². The molecule has 132 valence electrons. The zero-order valence-electron chi connectivity index (χ0n) is 14.7. The van der Waals surface area contributed by atoms with Crippen LogP contribution in [-0.4, -0.2) is 45.3 Å². The molecule has 6 heteroatoms. The van der Waals surface area contributed by atoms with Crippen LogP contribution in [-0.2, 0) is 9.53 Å². The Hall–Kier alpha value is -2.24. The van der Waals surface area contributed by atoms with Crippen LogP contribution >= 0.6 is 0 Å². The smallest absolute Gasteiger partial charge is 0.406 e. The van der Waals surface area contributed by atoms with Crippen molar-refractivity contribution in [1.82, 2.24) is 5.32 Å². The number of ether oxygens (including phenoxy) is 1. The quantitative estimate of drug-likeness (QED) is 0.900. The van der Waals surface area contributed by atoms with E-state index in [9.17, 15) is 9.59 Å². The number of nitrogens with one attached hydrogen (secondary N) is 1. The third-order valence-electron chi connectivity index (χ3n) is 4.48. The Kier molecular flexibility index (Phi) is 6.46. The second kappa shape index (κ2) is 8.57. The molecule has 1 fully saturated rings. The van der Waals surface area contributed by atoms with Gasteiger partial charge in [-0.15, -0.1) is 0 Å². The summed E-state index contributed by atoms with van der Waals surface area (Å²) < 4.78 is 4.53. The van der Waals surface area contributed by atoms with Crippen LogP contribution in [0.3, 0.4) is 0 Å². The van der Waals surface area contributed by atoms with E-state index in [0.29, 0.717) is 13.1 Å². The van der Waals surface area contributed by atoms with Crippen molar-refractivity contribution in [3.8, 4) is 0 Å². The predicted octanol–water partition coefficient (Wildman–Crippen LogP) is 2.63. The number of carbonyl (C=O) groups excluding carboxylic acids is 2. The average molecular weight is 333 g/mol. The zero-order valence-corrected chi connectivity index (χ0v) is 14.7. The van der Waals surface area contributed by atoms with E-state index in [1.54, 1.807) is 4.90 Å². The predicted molar refractivity (Wildman–Crippen MR) is 95.5 cm³/mol. The van der Waals surface area contributed by atoms with Gasteiger partial charge >= 0.3 is 6.09 Å². The minimum absolute atomic E-state index is 0.0544. The van der Waals surface area contributed by atoms with Crippen LogP contribution in [0.1, 0.15) is 26.7 Å². The maximum Gasteiger partial charge on any atom is 0.406 e. The Morgan fingerprint density at radius 1 is 1.25 bits per heavy atom. The molecule has 1 aliphatic heterocycles. The first kappa shape index (κ1) is 18.1. The summed E-state index contributed by atoms with van der Waals surface area (Å²) in [6, 6.07) is 8.06. The van der Waals surface area contributed by atoms with Gasteiger partial charge in [0.2, 0.25) is 5.91 Å². The second-order valence-electron chi connectivity index (χ2n) is 6.27. The fourth-order valence-electron chi connectivity index (χ4n) is 2.92. The summed E-state index contributed by atoms with van der Waals surface area (Å²) in [5.41, 5.74) is 2.03. The fraction of sp³-hybridized carbons (Fsp3) is 0.556. The molecule has 0 radical (unpaired) electrons. The largest absolute Gasteiger partial charge is 0.453 e. The fourth-order valence-corrected chi connectivity index (χ4v) is 2.92. The van der Waals surface area contributed by atoms with Gasteiger partial charge in [0.25, 0.3) is 0 Å². The van der Waals surface area contributed by atoms with Crippen molar-refractivity contribution in [2.45, 2.75) is 26.7 Å². The first-order valence-corrected chi connectivity index (χ1v) is 8.46. The third kappa shape index (κ3) is 4.88. The summed E-state index contributed by atoms with van der Waals surface area (Å²) in [6.45, 7) is 6.74. The van der Waals surface area contributed by atoms with E-state index in [2.05, 4.69) is 34.0 Å². The monoisotopic (exact) mass is 333 g/mol. The van der Waals surface area contributed by atoms with Gasteiger partial charge in [0.1, 0.15) is 0 Å². The van der Waals surface area contributed by atoms with Gasteiger partial charge in [-0.1, -0.05) is 6.92 Å². The lowest BCUT2D eigenvalue weighted by atomic mass is 9.99. The average Bonchev–Trinajstić information content (AvgIpc) is 2.59. The maximum atomic E-state index is 11.9. The second-order valence-corrected chi connectivity index (χ2v) is 6.27. The first-order chi connectivity index (χ1) is 11.5. The maximum absolute atomic E-state index is 11.9. The molecule has 0 aromatic heterocycles. The number of hydrogen-bond acceptors (Lipinski definition) is 4. The van der Waals surface area contributed by atoms with Crippen LogP contribution in [0.25, 0.3) is 0 Å². The molecule has 1 aliphatic rings. The van der Waals surface area contributed by atoms with Gasteiger partial charge in [-0.3, -0.25) is 4.79 Å². The van der Waals surface area contributed by atoms with Crippen molar-refractivity contribution in [3.63, 3.8) is 0 Å². The van der Waals surface area contributed by atoms with Crippen LogP contribution in [0.15, 0.2) is 24.3 Å². The molecule has 1 saturated heterocycles. The normalized spacial score (nSPS) is 15.0. The van der Waals surface area contributed by atoms with Gasteiger partial charge in [0.05, 0.1) is 7.11 Å². The number of hydrogen-bond donors (Lipinski definition) is 1. The number of carbonyl (C=O) groups is 2. The van der Waals surface area contributed by atoms with Gasteiger partial charge in [0, 0.05) is 44.5 Å². The molecule has 0 atom stereocenters. The minimum Gasteiger partial charge on any atom is -0.453 e. The molecule has 2 rings (SSSR count). The molecule has 1 N–H and O–H groups in total. The molecule has 2 amide bonds.